The lowest BCUT2D eigenvalue weighted by molar-refractivity contribution is 0.355. The Hall–Kier alpha value is -3.74. The number of ether oxygens (including phenoxy) is 3. The number of nitrogens with one attached hydrogen (secondary N) is 2. The lowest BCUT2D eigenvalue weighted by Gasteiger charge is -2.08. The number of aromatic nitrogens is 3. The molecule has 0 amide bonds. The number of anilines is 2. The highest BCUT2D eigenvalue weighted by Crippen LogP contribution is 2.33. The molecule has 0 radical (unpaired) electrons. The van der Waals surface area contributed by atoms with Crippen molar-refractivity contribution in [2.45, 2.75) is 0 Å². The zero-order valence-electron chi connectivity index (χ0n) is 15.8. The van der Waals surface area contributed by atoms with E-state index in [4.69, 9.17) is 19.2 Å². The van der Waals surface area contributed by atoms with E-state index in [1.807, 2.05) is 48.5 Å². The molecule has 2 aromatic heterocycles. The quantitative estimate of drug-likeness (QED) is 0.519. The summed E-state index contributed by atoms with van der Waals surface area (Å²) in [7, 11) is 4.86. The molecule has 0 aliphatic rings. The highest BCUT2D eigenvalue weighted by molar-refractivity contribution is 5.90. The van der Waals surface area contributed by atoms with Gasteiger partial charge in [0.2, 0.25) is 0 Å². The maximum Gasteiger partial charge on any atom is 0.161 e. The predicted molar refractivity (Wildman–Crippen MR) is 109 cm³/mol. The van der Waals surface area contributed by atoms with Crippen LogP contribution in [0.5, 0.6) is 17.2 Å². The number of H-pyrrole nitrogens is 1. The summed E-state index contributed by atoms with van der Waals surface area (Å²) in [4.78, 5) is 12.5. The zero-order chi connectivity index (χ0) is 19.5. The van der Waals surface area contributed by atoms with Crippen LogP contribution in [0.3, 0.4) is 0 Å². The first-order valence-corrected chi connectivity index (χ1v) is 8.70. The molecule has 0 saturated heterocycles. The standard InChI is InChI=1S/C21H20N4O3/c1-26-15-6-4-5-14(12-15)23-21-19-16(9-10-22-21)24-20(25-19)13-7-8-17(27-2)18(11-13)28-3/h4-12H,1-3H3,(H,22,23)(H,24,25). The minimum atomic E-state index is 0.647. The van der Waals surface area contributed by atoms with Crippen LogP contribution in [0.1, 0.15) is 0 Å². The number of benzene rings is 2. The molecular weight excluding hydrogens is 356 g/mol. The van der Waals surface area contributed by atoms with Crippen LogP contribution in [0.2, 0.25) is 0 Å². The van der Waals surface area contributed by atoms with Gasteiger partial charge in [0.15, 0.2) is 17.3 Å². The molecule has 28 heavy (non-hydrogen) atoms. The maximum atomic E-state index is 5.39. The number of fused-ring (bicyclic) bond motifs is 1. The second kappa shape index (κ2) is 7.48. The van der Waals surface area contributed by atoms with Crippen LogP contribution < -0.4 is 19.5 Å². The number of aromatic amines is 1. The van der Waals surface area contributed by atoms with Gasteiger partial charge >= 0.3 is 0 Å². The summed E-state index contributed by atoms with van der Waals surface area (Å²) < 4.78 is 16.0. The van der Waals surface area contributed by atoms with Gasteiger partial charge < -0.3 is 24.5 Å². The van der Waals surface area contributed by atoms with E-state index in [-0.39, 0.29) is 0 Å². The van der Waals surface area contributed by atoms with Crippen LogP contribution in [0, 0.1) is 0 Å². The number of methoxy groups -OCH3 is 3. The molecule has 4 aromatic rings. The van der Waals surface area contributed by atoms with E-state index >= 15 is 0 Å². The summed E-state index contributed by atoms with van der Waals surface area (Å²) in [5.41, 5.74) is 3.39. The molecule has 4 rings (SSSR count). The molecular formula is C21H20N4O3. The molecule has 7 nitrogen and oxygen atoms in total. The Morgan fingerprint density at radius 1 is 0.893 bits per heavy atom. The van der Waals surface area contributed by atoms with Gasteiger partial charge in [-0.2, -0.15) is 0 Å². The van der Waals surface area contributed by atoms with Crippen LogP contribution in [0.25, 0.3) is 22.4 Å². The van der Waals surface area contributed by atoms with Crippen molar-refractivity contribution in [3.63, 3.8) is 0 Å². The Balaban J connectivity index is 1.73. The Kier molecular flexibility index (Phi) is 4.72. The topological polar surface area (TPSA) is 81.3 Å². The van der Waals surface area contributed by atoms with E-state index < -0.39 is 0 Å². The van der Waals surface area contributed by atoms with Crippen molar-refractivity contribution in [1.82, 2.24) is 15.0 Å². The van der Waals surface area contributed by atoms with E-state index in [0.29, 0.717) is 17.3 Å². The summed E-state index contributed by atoms with van der Waals surface area (Å²) in [6, 6.07) is 15.2. The molecule has 2 aromatic carbocycles. The average Bonchev–Trinajstić information content (AvgIpc) is 3.19. The molecule has 0 aliphatic carbocycles. The number of nitrogens with zero attached hydrogens (tertiary/aromatic N) is 2. The number of hydrogen-bond acceptors (Lipinski definition) is 6. The van der Waals surface area contributed by atoms with Crippen molar-refractivity contribution in [1.29, 1.82) is 0 Å². The van der Waals surface area contributed by atoms with Crippen LogP contribution in [-0.2, 0) is 0 Å². The molecule has 0 bridgehead atoms. The van der Waals surface area contributed by atoms with E-state index in [1.54, 1.807) is 27.5 Å². The fraction of sp³-hybridized carbons (Fsp3) is 0.143. The van der Waals surface area contributed by atoms with Crippen LogP contribution in [0.4, 0.5) is 11.5 Å². The summed E-state index contributed by atoms with van der Waals surface area (Å²) in [6.07, 6.45) is 1.74. The van der Waals surface area contributed by atoms with Gasteiger partial charge in [-0.25, -0.2) is 9.97 Å². The van der Waals surface area contributed by atoms with Crippen molar-refractivity contribution >= 4 is 22.5 Å². The van der Waals surface area contributed by atoms with Crippen LogP contribution in [0.15, 0.2) is 54.7 Å². The highest BCUT2D eigenvalue weighted by Gasteiger charge is 2.13. The molecule has 142 valence electrons. The van der Waals surface area contributed by atoms with E-state index in [0.717, 1.165) is 33.9 Å². The molecule has 0 aliphatic heterocycles. The number of imidazole rings is 1. The van der Waals surface area contributed by atoms with Gasteiger partial charge in [-0.3, -0.25) is 0 Å². The van der Waals surface area contributed by atoms with Crippen molar-refractivity contribution in [3.05, 3.63) is 54.7 Å². The largest absolute Gasteiger partial charge is 0.497 e. The van der Waals surface area contributed by atoms with Crippen LogP contribution in [-0.4, -0.2) is 36.3 Å². The van der Waals surface area contributed by atoms with Crippen molar-refractivity contribution in [3.8, 4) is 28.6 Å². The van der Waals surface area contributed by atoms with E-state index in [2.05, 4.69) is 15.3 Å². The Bertz CT molecular complexity index is 1120. The normalized spacial score (nSPS) is 10.7. The smallest absolute Gasteiger partial charge is 0.161 e. The zero-order valence-corrected chi connectivity index (χ0v) is 15.8. The minimum absolute atomic E-state index is 0.647. The average molecular weight is 376 g/mol. The first-order valence-electron chi connectivity index (χ1n) is 8.70. The molecule has 7 heteroatoms. The summed E-state index contributed by atoms with van der Waals surface area (Å²) in [5.74, 6) is 3.47. The number of pyridine rings is 1. The molecule has 0 fully saturated rings. The molecule has 2 heterocycles. The fourth-order valence-electron chi connectivity index (χ4n) is 2.98. The number of hydrogen-bond donors (Lipinski definition) is 2. The van der Waals surface area contributed by atoms with Crippen molar-refractivity contribution in [2.75, 3.05) is 26.6 Å². The molecule has 0 unspecified atom stereocenters. The van der Waals surface area contributed by atoms with Gasteiger partial charge in [-0.1, -0.05) is 6.07 Å². The third-order valence-corrected chi connectivity index (χ3v) is 4.39. The summed E-state index contributed by atoms with van der Waals surface area (Å²) in [5, 5.41) is 3.31. The van der Waals surface area contributed by atoms with Gasteiger partial charge in [0, 0.05) is 23.5 Å². The van der Waals surface area contributed by atoms with Crippen molar-refractivity contribution < 1.29 is 14.2 Å². The van der Waals surface area contributed by atoms with Gasteiger partial charge in [0.25, 0.3) is 0 Å². The van der Waals surface area contributed by atoms with E-state index in [9.17, 15) is 0 Å². The second-order valence-electron chi connectivity index (χ2n) is 6.07. The first kappa shape index (κ1) is 17.7. The Morgan fingerprint density at radius 2 is 1.75 bits per heavy atom. The second-order valence-corrected chi connectivity index (χ2v) is 6.07. The van der Waals surface area contributed by atoms with Gasteiger partial charge in [-0.15, -0.1) is 0 Å². The predicted octanol–water partition coefficient (Wildman–Crippen LogP) is 4.39. The minimum Gasteiger partial charge on any atom is -0.497 e. The summed E-state index contributed by atoms with van der Waals surface area (Å²) in [6.45, 7) is 0. The van der Waals surface area contributed by atoms with Crippen LogP contribution >= 0.6 is 0 Å². The Labute approximate surface area is 162 Å². The maximum absolute atomic E-state index is 5.39. The molecule has 0 saturated carbocycles. The molecule has 0 spiro atoms. The third kappa shape index (κ3) is 3.29. The number of rotatable bonds is 6. The molecule has 0 atom stereocenters. The lowest BCUT2D eigenvalue weighted by Crippen LogP contribution is -1.95. The highest BCUT2D eigenvalue weighted by atomic mass is 16.5. The van der Waals surface area contributed by atoms with E-state index in [1.165, 1.54) is 0 Å². The van der Waals surface area contributed by atoms with Gasteiger partial charge in [0.1, 0.15) is 17.1 Å². The van der Waals surface area contributed by atoms with Gasteiger partial charge in [-0.05, 0) is 36.4 Å². The lowest BCUT2D eigenvalue weighted by atomic mass is 10.2. The monoisotopic (exact) mass is 376 g/mol. The molecule has 2 N–H and O–H groups in total. The van der Waals surface area contributed by atoms with Crippen molar-refractivity contribution in [2.24, 2.45) is 0 Å². The fourth-order valence-corrected chi connectivity index (χ4v) is 2.98. The third-order valence-electron chi connectivity index (χ3n) is 4.39. The summed E-state index contributed by atoms with van der Waals surface area (Å²) >= 11 is 0. The van der Waals surface area contributed by atoms with Gasteiger partial charge in [0.05, 0.1) is 26.8 Å². The Morgan fingerprint density at radius 3 is 2.54 bits per heavy atom. The SMILES string of the molecule is COc1cccc(Nc2nccc3[nH]c(-c4ccc(OC)c(OC)c4)nc23)c1. The first-order chi connectivity index (χ1) is 13.7.